The summed E-state index contributed by atoms with van der Waals surface area (Å²) in [5.41, 5.74) is 0. The van der Waals surface area contributed by atoms with E-state index in [0.29, 0.717) is 6.42 Å². The highest BCUT2D eigenvalue weighted by Crippen LogP contribution is 2.04. The predicted molar refractivity (Wildman–Crippen MR) is 36.7 cm³/mol. The number of carboxylic acid groups (broad SMARTS) is 1. The number of aliphatic hydroxyl groups is 1. The minimum atomic E-state index is -0.872. The van der Waals surface area contributed by atoms with E-state index in [1.807, 2.05) is 0 Å². The molecule has 0 heterocycles. The Bertz CT molecular complexity index is 94.2. The first-order valence-electron chi connectivity index (χ1n) is 2.67. The van der Waals surface area contributed by atoms with Crippen LogP contribution in [0.3, 0.4) is 0 Å². The molecule has 1 atom stereocenters. The maximum atomic E-state index is 9.95. The van der Waals surface area contributed by atoms with Gasteiger partial charge < -0.3 is 10.2 Å². The van der Waals surface area contributed by atoms with Crippen molar-refractivity contribution >= 4 is 18.6 Å². The molecule has 9 heavy (non-hydrogen) atoms. The van der Waals surface area contributed by atoms with Gasteiger partial charge in [-0.1, -0.05) is 0 Å². The molecule has 0 amide bonds. The van der Waals surface area contributed by atoms with Crippen LogP contribution in [-0.4, -0.2) is 28.0 Å². The summed E-state index contributed by atoms with van der Waals surface area (Å²) in [6.07, 6.45) is 0.457. The van der Waals surface area contributed by atoms with E-state index in [1.54, 1.807) is 0 Å². The summed E-state index contributed by atoms with van der Waals surface area (Å²) < 4.78 is 0. The van der Waals surface area contributed by atoms with Crippen molar-refractivity contribution in [1.82, 2.24) is 0 Å². The van der Waals surface area contributed by atoms with Gasteiger partial charge in [0.15, 0.2) is 0 Å². The molecule has 0 bridgehead atoms. The predicted octanol–water partition coefficient (Wildman–Crippen LogP) is 0.142. The van der Waals surface area contributed by atoms with E-state index in [1.165, 1.54) is 0 Å². The van der Waals surface area contributed by atoms with Gasteiger partial charge in [-0.15, -0.1) is 0 Å². The Morgan fingerprint density at radius 2 is 2.22 bits per heavy atom. The number of hydrogen-bond donors (Lipinski definition) is 3. The molecule has 0 saturated carbocycles. The van der Waals surface area contributed by atoms with E-state index in [9.17, 15) is 4.79 Å². The minimum Gasteiger partial charge on any atom is -0.481 e. The Hall–Kier alpha value is -0.220. The van der Waals surface area contributed by atoms with Gasteiger partial charge >= 0.3 is 5.97 Å². The van der Waals surface area contributed by atoms with E-state index >= 15 is 0 Å². The quantitative estimate of drug-likeness (QED) is 0.500. The SMILES string of the molecule is O=C(O)CC(S)CCO. The van der Waals surface area contributed by atoms with Crippen LogP contribution in [0, 0.1) is 0 Å². The van der Waals surface area contributed by atoms with Crippen LogP contribution < -0.4 is 0 Å². The molecule has 0 aliphatic rings. The van der Waals surface area contributed by atoms with Crippen LogP contribution in [0.2, 0.25) is 0 Å². The van der Waals surface area contributed by atoms with Crippen LogP contribution in [0.5, 0.6) is 0 Å². The lowest BCUT2D eigenvalue weighted by Crippen LogP contribution is -2.08. The molecular weight excluding hydrogens is 140 g/mol. The first kappa shape index (κ1) is 8.78. The highest BCUT2D eigenvalue weighted by molar-refractivity contribution is 7.81. The number of thiol groups is 1. The van der Waals surface area contributed by atoms with Crippen LogP contribution >= 0.6 is 12.6 Å². The molecule has 0 aliphatic heterocycles. The fraction of sp³-hybridized carbons (Fsp3) is 0.800. The lowest BCUT2D eigenvalue weighted by Gasteiger charge is -2.02. The Balaban J connectivity index is 3.26. The van der Waals surface area contributed by atoms with Crippen molar-refractivity contribution in [2.75, 3.05) is 6.61 Å². The van der Waals surface area contributed by atoms with Gasteiger partial charge in [0.25, 0.3) is 0 Å². The maximum Gasteiger partial charge on any atom is 0.304 e. The van der Waals surface area contributed by atoms with Gasteiger partial charge in [-0.3, -0.25) is 4.79 Å². The topological polar surface area (TPSA) is 57.5 Å². The van der Waals surface area contributed by atoms with Gasteiger partial charge in [0, 0.05) is 11.9 Å². The second kappa shape index (κ2) is 4.64. The van der Waals surface area contributed by atoms with Crippen LogP contribution in [0.4, 0.5) is 0 Å². The van der Waals surface area contributed by atoms with E-state index in [0.717, 1.165) is 0 Å². The number of rotatable bonds is 4. The fourth-order valence-corrected chi connectivity index (χ4v) is 0.724. The van der Waals surface area contributed by atoms with Crippen molar-refractivity contribution in [3.05, 3.63) is 0 Å². The van der Waals surface area contributed by atoms with E-state index < -0.39 is 5.97 Å². The van der Waals surface area contributed by atoms with E-state index in [-0.39, 0.29) is 18.3 Å². The summed E-state index contributed by atoms with van der Waals surface area (Å²) in [5.74, 6) is -0.872. The summed E-state index contributed by atoms with van der Waals surface area (Å²) >= 11 is 3.91. The van der Waals surface area contributed by atoms with Crippen molar-refractivity contribution < 1.29 is 15.0 Å². The van der Waals surface area contributed by atoms with Gasteiger partial charge in [-0.2, -0.15) is 12.6 Å². The fourth-order valence-electron chi connectivity index (χ4n) is 0.453. The van der Waals surface area contributed by atoms with E-state index in [4.69, 9.17) is 10.2 Å². The molecule has 1 unspecified atom stereocenters. The molecule has 2 N–H and O–H groups in total. The van der Waals surface area contributed by atoms with Crippen LogP contribution in [0.1, 0.15) is 12.8 Å². The largest absolute Gasteiger partial charge is 0.481 e. The summed E-state index contributed by atoms with van der Waals surface area (Å²) in [6.45, 7) is 0.00144. The maximum absolute atomic E-state index is 9.95. The Morgan fingerprint density at radius 1 is 1.67 bits per heavy atom. The van der Waals surface area contributed by atoms with Crippen molar-refractivity contribution in [3.63, 3.8) is 0 Å². The highest BCUT2D eigenvalue weighted by Gasteiger charge is 2.06. The average molecular weight is 150 g/mol. The van der Waals surface area contributed by atoms with Gasteiger partial charge in [0.05, 0.1) is 6.42 Å². The van der Waals surface area contributed by atoms with Gasteiger partial charge in [0.2, 0.25) is 0 Å². The third kappa shape index (κ3) is 5.65. The normalized spacial score (nSPS) is 13.1. The molecule has 54 valence electrons. The van der Waals surface area contributed by atoms with Gasteiger partial charge in [-0.25, -0.2) is 0 Å². The molecule has 4 heteroatoms. The Morgan fingerprint density at radius 3 is 2.56 bits per heavy atom. The summed E-state index contributed by atoms with van der Waals surface area (Å²) in [7, 11) is 0. The first-order chi connectivity index (χ1) is 4.16. The molecule has 0 rings (SSSR count). The molecule has 0 aromatic heterocycles. The third-order valence-electron chi connectivity index (χ3n) is 0.873. The third-order valence-corrected chi connectivity index (χ3v) is 1.31. The molecule has 0 fully saturated rings. The summed E-state index contributed by atoms with van der Waals surface area (Å²) in [5, 5.41) is 16.3. The second-order valence-electron chi connectivity index (χ2n) is 1.76. The zero-order valence-corrected chi connectivity index (χ0v) is 5.84. The first-order valence-corrected chi connectivity index (χ1v) is 3.19. The molecule has 0 saturated heterocycles. The Kier molecular flexibility index (Phi) is 4.53. The molecule has 0 radical (unpaired) electrons. The standard InChI is InChI=1S/C5H10O3S/c6-2-1-4(9)3-5(7)8/h4,6,9H,1-3H2,(H,7,8). The summed E-state index contributed by atoms with van der Waals surface area (Å²) in [4.78, 5) is 9.95. The molecule has 0 aliphatic carbocycles. The van der Waals surface area contributed by atoms with Crippen molar-refractivity contribution in [2.24, 2.45) is 0 Å². The summed E-state index contributed by atoms with van der Waals surface area (Å²) in [6, 6.07) is 0. The number of aliphatic carboxylic acids is 1. The number of hydrogen-bond acceptors (Lipinski definition) is 3. The van der Waals surface area contributed by atoms with Crippen LogP contribution in [0.25, 0.3) is 0 Å². The Labute approximate surface area is 59.1 Å². The van der Waals surface area contributed by atoms with Gasteiger partial charge in [0.1, 0.15) is 0 Å². The van der Waals surface area contributed by atoms with E-state index in [2.05, 4.69) is 12.6 Å². The molecule has 0 spiro atoms. The monoisotopic (exact) mass is 150 g/mol. The zero-order chi connectivity index (χ0) is 7.28. The average Bonchev–Trinajstić information content (AvgIpc) is 1.63. The molecule has 0 aromatic rings. The molecule has 3 nitrogen and oxygen atoms in total. The lowest BCUT2D eigenvalue weighted by atomic mass is 10.2. The van der Waals surface area contributed by atoms with Crippen LogP contribution in [0.15, 0.2) is 0 Å². The van der Waals surface area contributed by atoms with Crippen molar-refractivity contribution in [3.8, 4) is 0 Å². The number of carbonyl (C=O) groups is 1. The minimum absolute atomic E-state index is 0.00144. The van der Waals surface area contributed by atoms with Crippen LogP contribution in [-0.2, 0) is 4.79 Å². The number of aliphatic hydroxyl groups excluding tert-OH is 1. The molecular formula is C5H10O3S. The molecule has 0 aromatic carbocycles. The number of carboxylic acids is 1. The van der Waals surface area contributed by atoms with Crippen molar-refractivity contribution in [2.45, 2.75) is 18.1 Å². The van der Waals surface area contributed by atoms with Gasteiger partial charge in [-0.05, 0) is 6.42 Å². The van der Waals surface area contributed by atoms with Crippen molar-refractivity contribution in [1.29, 1.82) is 0 Å². The lowest BCUT2D eigenvalue weighted by molar-refractivity contribution is -0.137. The zero-order valence-electron chi connectivity index (χ0n) is 4.95. The second-order valence-corrected chi connectivity index (χ2v) is 2.49. The highest BCUT2D eigenvalue weighted by atomic mass is 32.1. The smallest absolute Gasteiger partial charge is 0.304 e.